The number of nitrogens with two attached hydrogens (primary N) is 1. The van der Waals surface area contributed by atoms with Gasteiger partial charge in [0.2, 0.25) is 0 Å². The summed E-state index contributed by atoms with van der Waals surface area (Å²) in [5.41, 5.74) is 8.46. The molecule has 3 unspecified atom stereocenters. The van der Waals surface area contributed by atoms with Gasteiger partial charge in [0.05, 0.1) is 23.2 Å². The molecule has 3 aliphatic rings. The molecule has 0 radical (unpaired) electrons. The molecule has 2 heterocycles. The van der Waals surface area contributed by atoms with Crippen LogP contribution in [-0.2, 0) is 9.84 Å². The van der Waals surface area contributed by atoms with Crippen molar-refractivity contribution in [1.29, 1.82) is 0 Å². The first-order chi connectivity index (χ1) is 9.98. The number of hydrogen-bond donors (Lipinski definition) is 1. The minimum Gasteiger partial charge on any atom is -0.384 e. The van der Waals surface area contributed by atoms with E-state index in [1.807, 2.05) is 6.92 Å². The predicted molar refractivity (Wildman–Crippen MR) is 81.9 cm³/mol. The lowest BCUT2D eigenvalue weighted by molar-refractivity contribution is 0.480. The van der Waals surface area contributed by atoms with Gasteiger partial charge in [-0.1, -0.05) is 12.8 Å². The molecule has 5 nitrogen and oxygen atoms in total. The summed E-state index contributed by atoms with van der Waals surface area (Å²) in [6.45, 7) is 2.04. The van der Waals surface area contributed by atoms with Crippen LogP contribution in [0.1, 0.15) is 55.3 Å². The lowest BCUT2D eigenvalue weighted by Crippen LogP contribution is -2.15. The number of aromatic nitrogens is 2. The highest BCUT2D eigenvalue weighted by atomic mass is 32.2. The first-order valence-electron chi connectivity index (χ1n) is 8.03. The van der Waals surface area contributed by atoms with Gasteiger partial charge in [0.15, 0.2) is 9.84 Å². The van der Waals surface area contributed by atoms with Crippen LogP contribution in [0.3, 0.4) is 0 Å². The fourth-order valence-electron chi connectivity index (χ4n) is 4.51. The van der Waals surface area contributed by atoms with Crippen molar-refractivity contribution in [2.45, 2.75) is 51.0 Å². The van der Waals surface area contributed by atoms with Crippen LogP contribution in [0.5, 0.6) is 0 Å². The van der Waals surface area contributed by atoms with Crippen molar-refractivity contribution in [1.82, 2.24) is 9.78 Å². The normalized spacial score (nSPS) is 37.4. The van der Waals surface area contributed by atoms with Gasteiger partial charge in [-0.05, 0) is 38.0 Å². The molecule has 2 N–H and O–H groups in total. The van der Waals surface area contributed by atoms with Crippen molar-refractivity contribution in [2.75, 3.05) is 17.2 Å². The lowest BCUT2D eigenvalue weighted by Gasteiger charge is -2.10. The number of sulfone groups is 1. The number of fused-ring (bicyclic) bond motifs is 1. The van der Waals surface area contributed by atoms with E-state index in [1.165, 1.54) is 25.7 Å². The van der Waals surface area contributed by atoms with Crippen molar-refractivity contribution in [3.8, 4) is 0 Å². The van der Waals surface area contributed by atoms with Crippen molar-refractivity contribution < 1.29 is 8.42 Å². The summed E-state index contributed by atoms with van der Waals surface area (Å²) < 4.78 is 25.2. The number of nitrogens with zero attached hydrogens (tertiary/aromatic N) is 2. The first-order valence-corrected chi connectivity index (χ1v) is 9.85. The summed E-state index contributed by atoms with van der Waals surface area (Å²) in [4.78, 5) is 0. The molecule has 2 aliphatic carbocycles. The van der Waals surface area contributed by atoms with Gasteiger partial charge in [0, 0.05) is 11.5 Å². The monoisotopic (exact) mass is 309 g/mol. The zero-order valence-corrected chi connectivity index (χ0v) is 13.3. The third-order valence-electron chi connectivity index (χ3n) is 5.76. The molecular formula is C15H23N3O2S. The molecule has 1 aromatic heterocycles. The second kappa shape index (κ2) is 4.48. The largest absolute Gasteiger partial charge is 0.384 e. The first kappa shape index (κ1) is 13.6. The Labute approximate surface area is 125 Å². The smallest absolute Gasteiger partial charge is 0.152 e. The maximum absolute atomic E-state index is 11.7. The molecule has 0 bridgehead atoms. The van der Waals surface area contributed by atoms with Crippen LogP contribution in [0.4, 0.5) is 5.82 Å². The number of rotatable bonds is 2. The highest BCUT2D eigenvalue weighted by Gasteiger charge is 2.53. The van der Waals surface area contributed by atoms with Crippen molar-refractivity contribution in [3.63, 3.8) is 0 Å². The second-order valence-corrected chi connectivity index (χ2v) is 9.26. The van der Waals surface area contributed by atoms with Gasteiger partial charge in [0.25, 0.3) is 0 Å². The van der Waals surface area contributed by atoms with Gasteiger partial charge in [-0.3, -0.25) is 0 Å². The van der Waals surface area contributed by atoms with Crippen LogP contribution in [0.2, 0.25) is 0 Å². The Kier molecular flexibility index (Phi) is 2.90. The average molecular weight is 309 g/mol. The SMILES string of the molecule is Cc1c(C2C3CCCCC32)nn(C2CCS(=O)(=O)C2)c1N. The molecule has 2 saturated carbocycles. The standard InChI is InChI=1S/C15H23N3O2S/c1-9-14(13-11-4-2-3-5-12(11)13)17-18(15(9)16)10-6-7-21(19,20)8-10/h10-13H,2-8,16H2,1H3. The molecule has 116 valence electrons. The molecular weight excluding hydrogens is 286 g/mol. The maximum atomic E-state index is 11.7. The Morgan fingerprint density at radius 2 is 1.86 bits per heavy atom. The van der Waals surface area contributed by atoms with Crippen molar-refractivity contribution in [3.05, 3.63) is 11.3 Å². The number of anilines is 1. The van der Waals surface area contributed by atoms with Gasteiger partial charge in [-0.15, -0.1) is 0 Å². The highest BCUT2D eigenvalue weighted by Crippen LogP contribution is 2.61. The molecule has 3 fully saturated rings. The highest BCUT2D eigenvalue weighted by molar-refractivity contribution is 7.91. The summed E-state index contributed by atoms with van der Waals surface area (Å²) in [5, 5.41) is 4.77. The number of nitrogen functional groups attached to an aromatic ring is 1. The van der Waals surface area contributed by atoms with Gasteiger partial charge in [-0.25, -0.2) is 13.1 Å². The molecule has 1 aliphatic heterocycles. The molecule has 0 amide bonds. The molecule has 0 spiro atoms. The molecule has 4 rings (SSSR count). The fourth-order valence-corrected chi connectivity index (χ4v) is 6.20. The van der Waals surface area contributed by atoms with Crippen LogP contribution in [0, 0.1) is 18.8 Å². The minimum atomic E-state index is -2.91. The van der Waals surface area contributed by atoms with E-state index in [-0.39, 0.29) is 17.5 Å². The molecule has 1 aromatic rings. The molecule has 1 saturated heterocycles. The van der Waals surface area contributed by atoms with Gasteiger partial charge in [-0.2, -0.15) is 5.10 Å². The molecule has 6 heteroatoms. The van der Waals surface area contributed by atoms with E-state index in [0.717, 1.165) is 23.1 Å². The number of hydrogen-bond acceptors (Lipinski definition) is 4. The average Bonchev–Trinajstić information content (AvgIpc) is 2.96. The van der Waals surface area contributed by atoms with Crippen LogP contribution in [0.15, 0.2) is 0 Å². The van der Waals surface area contributed by atoms with Crippen molar-refractivity contribution in [2.24, 2.45) is 11.8 Å². The Morgan fingerprint density at radius 3 is 2.43 bits per heavy atom. The van der Waals surface area contributed by atoms with E-state index in [2.05, 4.69) is 0 Å². The lowest BCUT2D eigenvalue weighted by atomic mass is 10.0. The molecule has 3 atom stereocenters. The van der Waals surface area contributed by atoms with E-state index < -0.39 is 9.84 Å². The van der Waals surface area contributed by atoms with Gasteiger partial charge >= 0.3 is 0 Å². The summed E-state index contributed by atoms with van der Waals surface area (Å²) in [7, 11) is -2.91. The molecule has 0 aromatic carbocycles. The maximum Gasteiger partial charge on any atom is 0.152 e. The van der Waals surface area contributed by atoms with E-state index >= 15 is 0 Å². The Morgan fingerprint density at radius 1 is 1.19 bits per heavy atom. The van der Waals surface area contributed by atoms with Crippen LogP contribution in [0.25, 0.3) is 0 Å². The van der Waals surface area contributed by atoms with Crippen LogP contribution < -0.4 is 5.73 Å². The van der Waals surface area contributed by atoms with Crippen molar-refractivity contribution >= 4 is 15.7 Å². The molecule has 21 heavy (non-hydrogen) atoms. The fraction of sp³-hybridized carbons (Fsp3) is 0.800. The quantitative estimate of drug-likeness (QED) is 0.907. The van der Waals surface area contributed by atoms with E-state index in [0.29, 0.717) is 18.2 Å². The Hall–Kier alpha value is -1.04. The Bertz CT molecular complexity index is 667. The zero-order chi connectivity index (χ0) is 14.8. The topological polar surface area (TPSA) is 78.0 Å². The zero-order valence-electron chi connectivity index (χ0n) is 12.5. The summed E-state index contributed by atoms with van der Waals surface area (Å²) in [5.74, 6) is 3.31. The van der Waals surface area contributed by atoms with E-state index in [1.54, 1.807) is 4.68 Å². The Balaban J connectivity index is 1.64. The minimum absolute atomic E-state index is 0.0665. The summed E-state index contributed by atoms with van der Waals surface area (Å²) in [6.07, 6.45) is 5.96. The van der Waals surface area contributed by atoms with Crippen LogP contribution >= 0.6 is 0 Å². The van der Waals surface area contributed by atoms with Gasteiger partial charge in [0.1, 0.15) is 5.82 Å². The van der Waals surface area contributed by atoms with Gasteiger partial charge < -0.3 is 5.73 Å². The predicted octanol–water partition coefficient (Wildman–Crippen LogP) is 2.04. The summed E-state index contributed by atoms with van der Waals surface area (Å²) >= 11 is 0. The third-order valence-corrected chi connectivity index (χ3v) is 7.51. The van der Waals surface area contributed by atoms with E-state index in [4.69, 9.17) is 10.8 Å². The third kappa shape index (κ3) is 2.10. The van der Waals surface area contributed by atoms with Crippen LogP contribution in [-0.4, -0.2) is 29.7 Å². The summed E-state index contributed by atoms with van der Waals surface area (Å²) in [6, 6.07) is -0.0665. The van der Waals surface area contributed by atoms with E-state index in [9.17, 15) is 8.42 Å². The second-order valence-electron chi connectivity index (χ2n) is 7.03.